The zero-order chi connectivity index (χ0) is 12.3. The molecule has 0 saturated heterocycles. The predicted molar refractivity (Wildman–Crippen MR) is 62.9 cm³/mol. The molecule has 2 rings (SSSR count). The van der Waals surface area contributed by atoms with Crippen LogP contribution in [0.5, 0.6) is 0 Å². The van der Waals surface area contributed by atoms with Crippen LogP contribution in [0.2, 0.25) is 0 Å². The molecule has 0 spiro atoms. The van der Waals surface area contributed by atoms with E-state index in [4.69, 9.17) is 0 Å². The molecule has 0 fully saturated rings. The summed E-state index contributed by atoms with van der Waals surface area (Å²) in [5, 5.41) is 9.24. The lowest BCUT2D eigenvalue weighted by molar-refractivity contribution is -0.139. The maximum atomic E-state index is 11.6. The van der Waals surface area contributed by atoms with E-state index in [0.29, 0.717) is 5.56 Å². The van der Waals surface area contributed by atoms with Gasteiger partial charge in [0.15, 0.2) is 6.04 Å². The molecule has 17 heavy (non-hydrogen) atoms. The smallest absolute Gasteiger partial charge is 0.331 e. The minimum atomic E-state index is -1.05. The second kappa shape index (κ2) is 4.65. The molecule has 1 N–H and O–H groups in total. The van der Waals surface area contributed by atoms with Gasteiger partial charge in [-0.2, -0.15) is 0 Å². The number of carboxylic acids is 1. The van der Waals surface area contributed by atoms with E-state index in [0.717, 1.165) is 0 Å². The van der Waals surface area contributed by atoms with Crippen molar-refractivity contribution < 1.29 is 9.90 Å². The molecule has 1 aromatic heterocycles. The Labute approximate surface area is 97.8 Å². The van der Waals surface area contributed by atoms with Crippen molar-refractivity contribution in [1.82, 2.24) is 4.57 Å². The first kappa shape index (κ1) is 11.1. The Kier molecular flexibility index (Phi) is 3.05. The fourth-order valence-corrected chi connectivity index (χ4v) is 1.71. The van der Waals surface area contributed by atoms with Crippen LogP contribution in [0.25, 0.3) is 0 Å². The predicted octanol–water partition coefficient (Wildman–Crippen LogP) is 1.52. The molecule has 0 saturated carbocycles. The molecule has 0 radical (unpaired) electrons. The van der Waals surface area contributed by atoms with Gasteiger partial charge >= 0.3 is 5.97 Å². The van der Waals surface area contributed by atoms with Gasteiger partial charge in [0, 0.05) is 12.3 Å². The van der Waals surface area contributed by atoms with Crippen LogP contribution in [0.1, 0.15) is 11.6 Å². The highest BCUT2D eigenvalue weighted by Gasteiger charge is 2.21. The molecule has 4 nitrogen and oxygen atoms in total. The van der Waals surface area contributed by atoms with Gasteiger partial charge in [-0.15, -0.1) is 0 Å². The average Bonchev–Trinajstić information content (AvgIpc) is 2.33. The normalized spacial score (nSPS) is 12.0. The van der Waals surface area contributed by atoms with Gasteiger partial charge < -0.3 is 5.11 Å². The van der Waals surface area contributed by atoms with E-state index >= 15 is 0 Å². The van der Waals surface area contributed by atoms with Crippen LogP contribution < -0.4 is 5.56 Å². The summed E-state index contributed by atoms with van der Waals surface area (Å²) in [5.41, 5.74) is 0.247. The number of carboxylic acid groups (broad SMARTS) is 1. The molecule has 0 aliphatic carbocycles. The van der Waals surface area contributed by atoms with Gasteiger partial charge in [-0.3, -0.25) is 9.36 Å². The first-order valence-corrected chi connectivity index (χ1v) is 5.15. The van der Waals surface area contributed by atoms with Gasteiger partial charge in [0.2, 0.25) is 0 Å². The number of rotatable bonds is 3. The summed E-state index contributed by atoms with van der Waals surface area (Å²) in [6.07, 6.45) is 1.48. The quantitative estimate of drug-likeness (QED) is 0.868. The zero-order valence-electron chi connectivity index (χ0n) is 8.98. The van der Waals surface area contributed by atoms with Gasteiger partial charge in [0.1, 0.15) is 0 Å². The second-order valence-electron chi connectivity index (χ2n) is 3.60. The van der Waals surface area contributed by atoms with Crippen molar-refractivity contribution in [3.05, 3.63) is 70.6 Å². The first-order valence-electron chi connectivity index (χ1n) is 5.15. The number of aromatic nitrogens is 1. The molecule has 2 aromatic rings. The molecule has 0 bridgehead atoms. The molecule has 0 aliphatic rings. The minimum absolute atomic E-state index is 0.330. The average molecular weight is 229 g/mol. The second-order valence-corrected chi connectivity index (χ2v) is 3.60. The summed E-state index contributed by atoms with van der Waals surface area (Å²) in [7, 11) is 0. The van der Waals surface area contributed by atoms with Crippen molar-refractivity contribution in [3.63, 3.8) is 0 Å². The third-order valence-corrected chi connectivity index (χ3v) is 2.48. The lowest BCUT2D eigenvalue weighted by Crippen LogP contribution is -2.29. The van der Waals surface area contributed by atoms with Gasteiger partial charge in [0.05, 0.1) is 0 Å². The van der Waals surface area contributed by atoms with E-state index < -0.39 is 12.0 Å². The molecule has 1 atom stereocenters. The van der Waals surface area contributed by atoms with Crippen LogP contribution in [0, 0.1) is 0 Å². The Morgan fingerprint density at radius 3 is 2.29 bits per heavy atom. The number of benzene rings is 1. The van der Waals surface area contributed by atoms with Crippen LogP contribution in [-0.4, -0.2) is 15.6 Å². The van der Waals surface area contributed by atoms with Crippen LogP contribution in [0.4, 0.5) is 0 Å². The number of hydrogen-bond donors (Lipinski definition) is 1. The van der Waals surface area contributed by atoms with E-state index in [1.807, 2.05) is 0 Å². The van der Waals surface area contributed by atoms with E-state index in [1.165, 1.54) is 16.8 Å². The van der Waals surface area contributed by atoms with Gasteiger partial charge in [-0.25, -0.2) is 4.79 Å². The first-order chi connectivity index (χ1) is 8.20. The number of carbonyl (C=O) groups is 1. The molecule has 4 heteroatoms. The lowest BCUT2D eigenvalue weighted by atomic mass is 10.1. The van der Waals surface area contributed by atoms with Gasteiger partial charge in [-0.05, 0) is 11.6 Å². The summed E-state index contributed by atoms with van der Waals surface area (Å²) in [5.74, 6) is -1.05. The Balaban J connectivity index is 2.55. The third kappa shape index (κ3) is 2.25. The van der Waals surface area contributed by atoms with Crippen LogP contribution in [0.15, 0.2) is 59.5 Å². The van der Waals surface area contributed by atoms with Crippen molar-refractivity contribution in [2.45, 2.75) is 6.04 Å². The van der Waals surface area contributed by atoms with E-state index in [-0.39, 0.29) is 5.56 Å². The largest absolute Gasteiger partial charge is 0.479 e. The van der Waals surface area contributed by atoms with Crippen LogP contribution >= 0.6 is 0 Å². The number of pyridine rings is 1. The van der Waals surface area contributed by atoms with Crippen molar-refractivity contribution in [1.29, 1.82) is 0 Å². The van der Waals surface area contributed by atoms with Crippen LogP contribution in [0.3, 0.4) is 0 Å². The van der Waals surface area contributed by atoms with Crippen molar-refractivity contribution in [2.75, 3.05) is 0 Å². The maximum Gasteiger partial charge on any atom is 0.331 e. The molecule has 1 unspecified atom stereocenters. The SMILES string of the molecule is O=C(O)C(c1ccccc1)n1ccccc1=O. The molecule has 0 amide bonds. The Bertz CT molecular complexity index is 574. The Morgan fingerprint density at radius 2 is 1.71 bits per heavy atom. The molecular weight excluding hydrogens is 218 g/mol. The Hall–Kier alpha value is -2.36. The minimum Gasteiger partial charge on any atom is -0.479 e. The number of hydrogen-bond acceptors (Lipinski definition) is 2. The lowest BCUT2D eigenvalue weighted by Gasteiger charge is -2.15. The molecule has 86 valence electrons. The standard InChI is InChI=1S/C13H11NO3/c15-11-8-4-5-9-14(11)12(13(16)17)10-6-2-1-3-7-10/h1-9,12H,(H,16,17). The number of nitrogens with zero attached hydrogens (tertiary/aromatic N) is 1. The maximum absolute atomic E-state index is 11.6. The highest BCUT2D eigenvalue weighted by molar-refractivity contribution is 5.76. The third-order valence-electron chi connectivity index (χ3n) is 2.48. The van der Waals surface area contributed by atoms with Crippen molar-refractivity contribution in [3.8, 4) is 0 Å². The fraction of sp³-hybridized carbons (Fsp3) is 0.0769. The van der Waals surface area contributed by atoms with E-state index in [2.05, 4.69) is 0 Å². The zero-order valence-corrected chi connectivity index (χ0v) is 8.98. The fourth-order valence-electron chi connectivity index (χ4n) is 1.71. The van der Waals surface area contributed by atoms with Crippen LogP contribution in [-0.2, 0) is 4.79 Å². The highest BCUT2D eigenvalue weighted by atomic mass is 16.4. The summed E-state index contributed by atoms with van der Waals surface area (Å²) in [6, 6.07) is 12.3. The molecule has 1 aromatic carbocycles. The van der Waals surface area contributed by atoms with E-state index in [9.17, 15) is 14.7 Å². The Morgan fingerprint density at radius 1 is 1.06 bits per heavy atom. The molecule has 0 aliphatic heterocycles. The monoisotopic (exact) mass is 229 g/mol. The highest BCUT2D eigenvalue weighted by Crippen LogP contribution is 2.16. The topological polar surface area (TPSA) is 59.3 Å². The summed E-state index contributed by atoms with van der Waals surface area (Å²) >= 11 is 0. The molecule has 1 heterocycles. The molecular formula is C13H11NO3. The summed E-state index contributed by atoms with van der Waals surface area (Å²) < 4.78 is 1.21. The summed E-state index contributed by atoms with van der Waals surface area (Å²) in [6.45, 7) is 0. The van der Waals surface area contributed by atoms with Crippen molar-refractivity contribution >= 4 is 5.97 Å². The summed E-state index contributed by atoms with van der Waals surface area (Å²) in [4.78, 5) is 22.9. The van der Waals surface area contributed by atoms with Crippen molar-refractivity contribution in [2.24, 2.45) is 0 Å². The van der Waals surface area contributed by atoms with Gasteiger partial charge in [0.25, 0.3) is 5.56 Å². The van der Waals surface area contributed by atoms with E-state index in [1.54, 1.807) is 42.5 Å². The van der Waals surface area contributed by atoms with Gasteiger partial charge in [-0.1, -0.05) is 36.4 Å². The number of aliphatic carboxylic acids is 1.